The number of hydrogen-bond acceptors (Lipinski definition) is 6. The number of carboxylic acids is 1. The summed E-state index contributed by atoms with van der Waals surface area (Å²) in [6, 6.07) is 14.2. The maximum absolute atomic E-state index is 13.2. The Morgan fingerprint density at radius 3 is 2.45 bits per heavy atom. The molecule has 0 radical (unpaired) electrons. The van der Waals surface area contributed by atoms with Crippen LogP contribution in [0.25, 0.3) is 10.8 Å². The highest BCUT2D eigenvalue weighted by molar-refractivity contribution is 7.93. The smallest absolute Gasteiger partial charge is 0.320 e. The second kappa shape index (κ2) is 8.83. The van der Waals surface area contributed by atoms with E-state index < -0.39 is 22.0 Å². The van der Waals surface area contributed by atoms with Crippen molar-refractivity contribution in [3.05, 3.63) is 60.2 Å². The van der Waals surface area contributed by atoms with Gasteiger partial charge >= 0.3 is 5.97 Å². The first-order valence-electron chi connectivity index (χ1n) is 9.51. The number of nitrogens with two attached hydrogens (primary N) is 1. The molecule has 0 aliphatic heterocycles. The van der Waals surface area contributed by atoms with Crippen LogP contribution in [0.3, 0.4) is 0 Å². The highest BCUT2D eigenvalue weighted by Gasteiger charge is 2.20. The Bertz CT molecular complexity index is 1230. The number of sulfonamides is 1. The normalized spacial score (nSPS) is 12.4. The van der Waals surface area contributed by atoms with Gasteiger partial charge in [-0.15, -0.1) is 0 Å². The number of aliphatic carboxylic acids is 1. The minimum absolute atomic E-state index is 0.00542. The van der Waals surface area contributed by atoms with Crippen molar-refractivity contribution < 1.29 is 23.1 Å². The Morgan fingerprint density at radius 2 is 1.81 bits per heavy atom. The minimum atomic E-state index is -3.92. The van der Waals surface area contributed by atoms with Gasteiger partial charge in [0.1, 0.15) is 11.8 Å². The first-order valence-corrected chi connectivity index (χ1v) is 11.0. The highest BCUT2D eigenvalue weighted by atomic mass is 32.2. The van der Waals surface area contributed by atoms with Crippen molar-refractivity contribution in [3.8, 4) is 5.75 Å². The molecular formula is C22H25N3O5S. The van der Waals surface area contributed by atoms with Gasteiger partial charge in [0, 0.05) is 42.7 Å². The Labute approximate surface area is 181 Å². The zero-order valence-corrected chi connectivity index (χ0v) is 18.3. The van der Waals surface area contributed by atoms with Crippen LogP contribution in [0.2, 0.25) is 0 Å². The molecule has 0 saturated heterocycles. The number of fused-ring (bicyclic) bond motifs is 1. The van der Waals surface area contributed by atoms with E-state index in [0.29, 0.717) is 16.7 Å². The van der Waals surface area contributed by atoms with Crippen molar-refractivity contribution in [1.82, 2.24) is 0 Å². The molecule has 4 N–H and O–H groups in total. The number of nitrogens with one attached hydrogen (secondary N) is 1. The van der Waals surface area contributed by atoms with Gasteiger partial charge in [0.2, 0.25) is 0 Å². The van der Waals surface area contributed by atoms with Gasteiger partial charge in [-0.3, -0.25) is 9.52 Å². The van der Waals surface area contributed by atoms with Crippen LogP contribution in [-0.2, 0) is 21.2 Å². The molecule has 0 unspecified atom stereocenters. The molecule has 0 saturated carbocycles. The lowest BCUT2D eigenvalue weighted by Gasteiger charge is -2.18. The summed E-state index contributed by atoms with van der Waals surface area (Å²) in [4.78, 5) is 13.2. The molecule has 0 fully saturated rings. The topological polar surface area (TPSA) is 122 Å². The Balaban J connectivity index is 2.01. The number of hydrogen-bond donors (Lipinski definition) is 3. The molecule has 0 aliphatic rings. The lowest BCUT2D eigenvalue weighted by atomic mass is 10.0. The number of ether oxygens (including phenoxy) is 1. The van der Waals surface area contributed by atoms with E-state index in [1.165, 1.54) is 13.2 Å². The van der Waals surface area contributed by atoms with Gasteiger partial charge in [-0.05, 0) is 35.9 Å². The van der Waals surface area contributed by atoms with Crippen molar-refractivity contribution in [1.29, 1.82) is 0 Å². The number of rotatable bonds is 8. The first kappa shape index (κ1) is 22.4. The molecular weight excluding hydrogens is 418 g/mol. The number of nitrogens with zero attached hydrogens (tertiary/aromatic N) is 1. The van der Waals surface area contributed by atoms with Gasteiger partial charge < -0.3 is 20.5 Å². The van der Waals surface area contributed by atoms with E-state index in [4.69, 9.17) is 15.6 Å². The monoisotopic (exact) mass is 443 g/mol. The summed E-state index contributed by atoms with van der Waals surface area (Å²) < 4.78 is 34.3. The largest absolute Gasteiger partial charge is 0.496 e. The molecule has 8 nitrogen and oxygen atoms in total. The summed E-state index contributed by atoms with van der Waals surface area (Å²) in [6.45, 7) is 0. The van der Waals surface area contributed by atoms with Gasteiger partial charge in [-0.1, -0.05) is 24.3 Å². The van der Waals surface area contributed by atoms with Crippen LogP contribution in [0.4, 0.5) is 11.4 Å². The molecule has 0 aromatic heterocycles. The molecule has 1 atom stereocenters. The summed E-state index contributed by atoms with van der Waals surface area (Å²) in [6.07, 6.45) is -0.00542. The molecule has 164 valence electrons. The third-order valence-electron chi connectivity index (χ3n) is 4.92. The fourth-order valence-electron chi connectivity index (χ4n) is 3.42. The molecule has 3 rings (SSSR count). The van der Waals surface area contributed by atoms with E-state index in [-0.39, 0.29) is 17.0 Å². The molecule has 3 aromatic rings. The quantitative estimate of drug-likeness (QED) is 0.489. The van der Waals surface area contributed by atoms with Gasteiger partial charge in [0.15, 0.2) is 0 Å². The van der Waals surface area contributed by atoms with Crippen molar-refractivity contribution >= 4 is 38.1 Å². The Hall–Kier alpha value is -3.30. The van der Waals surface area contributed by atoms with Crippen LogP contribution in [0.1, 0.15) is 5.56 Å². The van der Waals surface area contributed by atoms with Crippen molar-refractivity contribution in [3.63, 3.8) is 0 Å². The maximum Gasteiger partial charge on any atom is 0.320 e. The average Bonchev–Trinajstić information content (AvgIpc) is 2.72. The van der Waals surface area contributed by atoms with E-state index in [9.17, 15) is 13.2 Å². The fraction of sp³-hybridized carbons (Fsp3) is 0.227. The fourth-order valence-corrected chi connectivity index (χ4v) is 4.70. The van der Waals surface area contributed by atoms with Crippen LogP contribution >= 0.6 is 0 Å². The second-order valence-corrected chi connectivity index (χ2v) is 8.95. The third kappa shape index (κ3) is 4.73. The second-order valence-electron chi connectivity index (χ2n) is 7.30. The summed E-state index contributed by atoms with van der Waals surface area (Å²) in [5, 5.41) is 10.5. The average molecular weight is 444 g/mol. The van der Waals surface area contributed by atoms with Crippen molar-refractivity contribution in [2.24, 2.45) is 5.73 Å². The van der Waals surface area contributed by atoms with E-state index in [1.807, 2.05) is 37.2 Å². The van der Waals surface area contributed by atoms with E-state index in [0.717, 1.165) is 11.1 Å². The van der Waals surface area contributed by atoms with Crippen molar-refractivity contribution in [2.75, 3.05) is 30.8 Å². The predicted octanol–water partition coefficient (Wildman–Crippen LogP) is 2.67. The zero-order chi connectivity index (χ0) is 22.8. The third-order valence-corrected chi connectivity index (χ3v) is 6.36. The van der Waals surface area contributed by atoms with Gasteiger partial charge in [-0.2, -0.15) is 0 Å². The maximum atomic E-state index is 13.2. The molecule has 0 spiro atoms. The van der Waals surface area contributed by atoms with Gasteiger partial charge in [0.05, 0.1) is 12.0 Å². The van der Waals surface area contributed by atoms with E-state index >= 15 is 0 Å². The summed E-state index contributed by atoms with van der Waals surface area (Å²) in [5.41, 5.74) is 7.33. The number of carboxylic acid groups (broad SMARTS) is 1. The molecule has 31 heavy (non-hydrogen) atoms. The van der Waals surface area contributed by atoms with Gasteiger partial charge in [0.25, 0.3) is 10.0 Å². The number of anilines is 2. The lowest BCUT2D eigenvalue weighted by molar-refractivity contribution is -0.138. The van der Waals surface area contributed by atoms with E-state index in [2.05, 4.69) is 4.72 Å². The SMILES string of the molecule is COc1ccc(NS(=O)(=O)c2cccc3c(N(C)C)cccc23)cc1C[C@H](N)C(=O)O. The summed E-state index contributed by atoms with van der Waals surface area (Å²) in [5.74, 6) is -0.721. The molecule has 9 heteroatoms. The van der Waals surface area contributed by atoms with Crippen molar-refractivity contribution in [2.45, 2.75) is 17.4 Å². The zero-order valence-electron chi connectivity index (χ0n) is 17.5. The number of methoxy groups -OCH3 is 1. The van der Waals surface area contributed by atoms with E-state index in [1.54, 1.807) is 30.3 Å². The number of benzene rings is 3. The molecule has 0 bridgehead atoms. The van der Waals surface area contributed by atoms with Crippen LogP contribution in [0.15, 0.2) is 59.5 Å². The predicted molar refractivity (Wildman–Crippen MR) is 121 cm³/mol. The standard InChI is InChI=1S/C22H25N3O5S/c1-25(2)19-8-4-7-17-16(19)6-5-9-21(17)31(28,29)24-15-10-11-20(30-3)14(12-15)13-18(23)22(26)27/h4-12,18,24H,13,23H2,1-3H3,(H,26,27)/t18-/m0/s1. The Kier molecular flexibility index (Phi) is 6.37. The molecule has 0 amide bonds. The molecule has 3 aromatic carbocycles. The highest BCUT2D eigenvalue weighted by Crippen LogP contribution is 2.32. The van der Waals surface area contributed by atoms with Crippen LogP contribution < -0.4 is 20.1 Å². The molecule has 0 aliphatic carbocycles. The molecule has 0 heterocycles. The summed E-state index contributed by atoms with van der Waals surface area (Å²) in [7, 11) is 1.33. The minimum Gasteiger partial charge on any atom is -0.496 e. The lowest BCUT2D eigenvalue weighted by Crippen LogP contribution is -2.32. The van der Waals surface area contributed by atoms with Crippen LogP contribution in [0.5, 0.6) is 5.75 Å². The van der Waals surface area contributed by atoms with Crippen LogP contribution in [0, 0.1) is 0 Å². The van der Waals surface area contributed by atoms with Gasteiger partial charge in [-0.25, -0.2) is 8.42 Å². The van der Waals surface area contributed by atoms with Crippen LogP contribution in [-0.4, -0.2) is 46.7 Å². The summed E-state index contributed by atoms with van der Waals surface area (Å²) >= 11 is 0. The Morgan fingerprint density at radius 1 is 1.13 bits per heavy atom. The first-order chi connectivity index (χ1) is 14.6. The number of carbonyl (C=O) groups is 1.